The molecule has 1 fully saturated rings. The van der Waals surface area contributed by atoms with Crippen molar-refractivity contribution in [2.75, 3.05) is 0 Å². The predicted molar refractivity (Wildman–Crippen MR) is 90.3 cm³/mol. The SMILES string of the molecule is Cc1cc(C(C)(C)C)c(C)c(F)c1B1OC(C)(C)C(C)(C)O1. The molecule has 1 aliphatic heterocycles. The quantitative estimate of drug-likeness (QED) is 0.729. The molecule has 1 saturated heterocycles. The van der Waals surface area contributed by atoms with E-state index in [1.165, 1.54) is 0 Å². The van der Waals surface area contributed by atoms with Crippen LogP contribution in [0.25, 0.3) is 0 Å². The maximum Gasteiger partial charge on any atom is 0.498 e. The lowest BCUT2D eigenvalue weighted by atomic mass is 9.72. The largest absolute Gasteiger partial charge is 0.498 e. The van der Waals surface area contributed by atoms with Gasteiger partial charge in [-0.2, -0.15) is 0 Å². The Morgan fingerprint density at radius 3 is 1.86 bits per heavy atom. The van der Waals surface area contributed by atoms with Gasteiger partial charge in [0.15, 0.2) is 0 Å². The maximum absolute atomic E-state index is 15.0. The van der Waals surface area contributed by atoms with E-state index in [9.17, 15) is 0 Å². The molecule has 1 aromatic rings. The Labute approximate surface area is 134 Å². The van der Waals surface area contributed by atoms with Crippen LogP contribution in [0.4, 0.5) is 4.39 Å². The van der Waals surface area contributed by atoms with Crippen molar-refractivity contribution in [3.8, 4) is 0 Å². The van der Waals surface area contributed by atoms with E-state index < -0.39 is 18.3 Å². The molecular formula is C18H28BFO2. The highest BCUT2D eigenvalue weighted by atomic mass is 19.1. The molecule has 0 atom stereocenters. The first-order valence-electron chi connectivity index (χ1n) is 7.93. The lowest BCUT2D eigenvalue weighted by molar-refractivity contribution is 0.00578. The second-order valence-corrected chi connectivity index (χ2v) is 8.43. The molecule has 2 nitrogen and oxygen atoms in total. The molecule has 4 heteroatoms. The number of halogens is 1. The lowest BCUT2D eigenvalue weighted by Crippen LogP contribution is -2.41. The predicted octanol–water partition coefficient (Wildman–Crippen LogP) is 4.04. The Balaban J connectivity index is 2.54. The van der Waals surface area contributed by atoms with Crippen LogP contribution in [0.1, 0.15) is 65.2 Å². The van der Waals surface area contributed by atoms with E-state index in [0.717, 1.165) is 11.1 Å². The van der Waals surface area contributed by atoms with Crippen LogP contribution < -0.4 is 5.46 Å². The van der Waals surface area contributed by atoms with Crippen molar-refractivity contribution in [1.82, 2.24) is 0 Å². The molecule has 0 aromatic heterocycles. The van der Waals surface area contributed by atoms with Crippen LogP contribution in [0.15, 0.2) is 6.07 Å². The molecule has 1 aliphatic rings. The van der Waals surface area contributed by atoms with Gasteiger partial charge in [0.2, 0.25) is 0 Å². The van der Waals surface area contributed by atoms with Gasteiger partial charge >= 0.3 is 7.12 Å². The maximum atomic E-state index is 15.0. The summed E-state index contributed by atoms with van der Waals surface area (Å²) in [6.45, 7) is 18.0. The molecule has 0 aliphatic carbocycles. The summed E-state index contributed by atoms with van der Waals surface area (Å²) < 4.78 is 27.1. The van der Waals surface area contributed by atoms with Crippen molar-refractivity contribution in [2.45, 2.75) is 78.9 Å². The van der Waals surface area contributed by atoms with Crippen molar-refractivity contribution in [2.24, 2.45) is 0 Å². The van der Waals surface area contributed by atoms with Crippen molar-refractivity contribution < 1.29 is 13.7 Å². The Hall–Kier alpha value is -0.865. The number of rotatable bonds is 1. The van der Waals surface area contributed by atoms with Gasteiger partial charge in [-0.1, -0.05) is 26.8 Å². The van der Waals surface area contributed by atoms with Gasteiger partial charge in [-0.05, 0) is 63.6 Å². The summed E-state index contributed by atoms with van der Waals surface area (Å²) in [6, 6.07) is 2.07. The van der Waals surface area contributed by atoms with Crippen LogP contribution in [0.3, 0.4) is 0 Å². The van der Waals surface area contributed by atoms with Crippen LogP contribution in [0, 0.1) is 19.7 Å². The molecule has 0 unspecified atom stereocenters. The zero-order valence-corrected chi connectivity index (χ0v) is 15.3. The highest BCUT2D eigenvalue weighted by molar-refractivity contribution is 6.62. The fraction of sp³-hybridized carbons (Fsp3) is 0.667. The fourth-order valence-corrected chi connectivity index (χ4v) is 2.93. The summed E-state index contributed by atoms with van der Waals surface area (Å²) in [5.41, 5.74) is 2.10. The molecule has 122 valence electrons. The lowest BCUT2D eigenvalue weighted by Gasteiger charge is -2.32. The summed E-state index contributed by atoms with van der Waals surface area (Å²) in [4.78, 5) is 0. The molecule has 2 rings (SSSR count). The molecule has 0 amide bonds. The Kier molecular flexibility index (Phi) is 4.03. The summed E-state index contributed by atoms with van der Waals surface area (Å²) in [6.07, 6.45) is 0. The van der Waals surface area contributed by atoms with Gasteiger partial charge in [0.25, 0.3) is 0 Å². The van der Waals surface area contributed by atoms with Gasteiger partial charge in [0, 0.05) is 5.46 Å². The number of benzene rings is 1. The van der Waals surface area contributed by atoms with Gasteiger partial charge in [0.1, 0.15) is 5.82 Å². The first-order valence-corrected chi connectivity index (χ1v) is 7.93. The van der Waals surface area contributed by atoms with Gasteiger partial charge in [-0.25, -0.2) is 4.39 Å². The van der Waals surface area contributed by atoms with E-state index in [0.29, 0.717) is 11.0 Å². The fourth-order valence-electron chi connectivity index (χ4n) is 2.93. The third-order valence-electron chi connectivity index (χ3n) is 5.05. The highest BCUT2D eigenvalue weighted by Gasteiger charge is 2.53. The minimum atomic E-state index is -0.655. The Morgan fingerprint density at radius 2 is 1.45 bits per heavy atom. The van der Waals surface area contributed by atoms with Gasteiger partial charge in [-0.15, -0.1) is 0 Å². The van der Waals surface area contributed by atoms with Crippen LogP contribution in [0.2, 0.25) is 0 Å². The van der Waals surface area contributed by atoms with Crippen LogP contribution in [-0.4, -0.2) is 18.3 Å². The third-order valence-corrected chi connectivity index (χ3v) is 5.05. The van der Waals surface area contributed by atoms with Crippen molar-refractivity contribution in [1.29, 1.82) is 0 Å². The number of aryl methyl sites for hydroxylation is 1. The molecule has 1 aromatic carbocycles. The summed E-state index contributed by atoms with van der Waals surface area (Å²) in [7, 11) is -0.655. The van der Waals surface area contributed by atoms with Gasteiger partial charge < -0.3 is 9.31 Å². The van der Waals surface area contributed by atoms with E-state index in [-0.39, 0.29) is 11.2 Å². The van der Waals surface area contributed by atoms with Gasteiger partial charge in [-0.3, -0.25) is 0 Å². The second kappa shape index (κ2) is 5.07. The number of hydrogen-bond acceptors (Lipinski definition) is 2. The minimum Gasteiger partial charge on any atom is -0.399 e. The second-order valence-electron chi connectivity index (χ2n) is 8.43. The molecular weight excluding hydrogens is 278 g/mol. The summed E-state index contributed by atoms with van der Waals surface area (Å²) in [5.74, 6) is -0.205. The molecule has 1 heterocycles. The average molecular weight is 306 g/mol. The first kappa shape index (κ1) is 17.5. The van der Waals surface area contributed by atoms with E-state index >= 15 is 4.39 Å². The van der Waals surface area contributed by atoms with Gasteiger partial charge in [0.05, 0.1) is 11.2 Å². The molecule has 0 spiro atoms. The number of hydrogen-bond donors (Lipinski definition) is 0. The zero-order valence-electron chi connectivity index (χ0n) is 15.3. The van der Waals surface area contributed by atoms with Crippen molar-refractivity contribution >= 4 is 12.6 Å². The van der Waals surface area contributed by atoms with Crippen LogP contribution in [0.5, 0.6) is 0 Å². The first-order chi connectivity index (χ1) is 9.78. The molecule has 22 heavy (non-hydrogen) atoms. The molecule has 0 saturated carbocycles. The molecule has 0 radical (unpaired) electrons. The summed E-state index contributed by atoms with van der Waals surface area (Å²) in [5, 5.41) is 0. The van der Waals surface area contributed by atoms with E-state index in [4.69, 9.17) is 9.31 Å². The monoisotopic (exact) mass is 306 g/mol. The minimum absolute atomic E-state index is 0.0931. The third kappa shape index (κ3) is 2.72. The molecule has 0 N–H and O–H groups in total. The van der Waals surface area contributed by atoms with Crippen LogP contribution in [-0.2, 0) is 14.7 Å². The van der Waals surface area contributed by atoms with E-state index in [1.54, 1.807) is 0 Å². The van der Waals surface area contributed by atoms with Crippen molar-refractivity contribution in [3.63, 3.8) is 0 Å². The standard InChI is InChI=1S/C18H28BFO2/c1-11-10-13(16(3,4)5)12(2)15(20)14(11)19-21-17(6,7)18(8,9)22-19/h10H,1-9H3. The van der Waals surface area contributed by atoms with Crippen molar-refractivity contribution in [3.05, 3.63) is 28.6 Å². The Bertz CT molecular complexity index is 584. The average Bonchev–Trinajstić information content (AvgIpc) is 2.51. The van der Waals surface area contributed by atoms with E-state index in [2.05, 4.69) is 26.8 Å². The summed E-state index contributed by atoms with van der Waals surface area (Å²) >= 11 is 0. The highest BCUT2D eigenvalue weighted by Crippen LogP contribution is 2.37. The normalized spacial score (nSPS) is 20.5. The van der Waals surface area contributed by atoms with Crippen LogP contribution >= 0.6 is 0 Å². The Morgan fingerprint density at radius 1 is 1.00 bits per heavy atom. The van der Waals surface area contributed by atoms with E-state index in [1.807, 2.05) is 41.5 Å². The zero-order chi connectivity index (χ0) is 17.1. The molecule has 0 bridgehead atoms. The smallest absolute Gasteiger partial charge is 0.399 e. The topological polar surface area (TPSA) is 18.5 Å².